The molecule has 0 spiro atoms. The highest BCUT2D eigenvalue weighted by Gasteiger charge is 2.15. The molecule has 0 saturated heterocycles. The number of nitrogens with one attached hydrogen (secondary N) is 1. The minimum absolute atomic E-state index is 0.278. The monoisotopic (exact) mass is 292 g/mol. The van der Waals surface area contributed by atoms with Gasteiger partial charge in [-0.3, -0.25) is 9.20 Å². The number of carbonyl (C=O) groups excluding carboxylic acids is 1. The van der Waals surface area contributed by atoms with Crippen LogP contribution in [0.5, 0.6) is 0 Å². The molecule has 0 atom stereocenters. The minimum Gasteiger partial charge on any atom is -0.295 e. The number of fused-ring (bicyclic) bond motifs is 1. The fourth-order valence-corrected chi connectivity index (χ4v) is 2.36. The molecule has 2 aromatic heterocycles. The maximum atomic E-state index is 12.3. The lowest BCUT2D eigenvalue weighted by molar-refractivity contribution is 0.0948. The summed E-state index contributed by atoms with van der Waals surface area (Å²) in [6.45, 7) is 3.82. The molecule has 1 amide bonds. The van der Waals surface area contributed by atoms with Gasteiger partial charge in [0.25, 0.3) is 5.91 Å². The molecule has 3 rings (SSSR count). The van der Waals surface area contributed by atoms with Crippen LogP contribution >= 0.6 is 0 Å². The van der Waals surface area contributed by atoms with Crippen molar-refractivity contribution >= 4 is 17.8 Å². The normalized spacial score (nSPS) is 11.2. The SMILES string of the molecule is Cc1cccc(/C=N/NC(=O)c2c(C)nc3ccccn23)c1. The standard InChI is InChI=1S/C17H16N4O/c1-12-6-5-7-14(10-12)11-18-20-17(22)16-13(2)19-15-8-3-4-9-21(15)16/h3-11H,1-2H3,(H,20,22)/b18-11+. The van der Waals surface area contributed by atoms with Gasteiger partial charge in [0.05, 0.1) is 11.9 Å². The zero-order chi connectivity index (χ0) is 15.5. The molecule has 0 fully saturated rings. The van der Waals surface area contributed by atoms with Crippen LogP contribution in [0.3, 0.4) is 0 Å². The molecule has 2 heterocycles. The number of nitrogens with zero attached hydrogens (tertiary/aromatic N) is 3. The average molecular weight is 292 g/mol. The molecule has 110 valence electrons. The number of amides is 1. The van der Waals surface area contributed by atoms with Gasteiger partial charge in [0.15, 0.2) is 0 Å². The Bertz CT molecular complexity index is 864. The van der Waals surface area contributed by atoms with E-state index in [2.05, 4.69) is 15.5 Å². The number of aromatic nitrogens is 2. The summed E-state index contributed by atoms with van der Waals surface area (Å²) < 4.78 is 1.76. The lowest BCUT2D eigenvalue weighted by atomic mass is 10.2. The molecule has 5 heteroatoms. The molecular weight excluding hydrogens is 276 g/mol. The quantitative estimate of drug-likeness (QED) is 0.596. The smallest absolute Gasteiger partial charge is 0.290 e. The number of hydrogen-bond acceptors (Lipinski definition) is 3. The van der Waals surface area contributed by atoms with Crippen molar-refractivity contribution in [2.75, 3.05) is 0 Å². The highest BCUT2D eigenvalue weighted by Crippen LogP contribution is 2.11. The molecular formula is C17H16N4O. The van der Waals surface area contributed by atoms with Crippen LogP contribution in [0.4, 0.5) is 0 Å². The summed E-state index contributed by atoms with van der Waals surface area (Å²) in [5, 5.41) is 4.02. The Morgan fingerprint density at radius 1 is 1.23 bits per heavy atom. The van der Waals surface area contributed by atoms with Gasteiger partial charge in [0, 0.05) is 6.20 Å². The van der Waals surface area contributed by atoms with Gasteiger partial charge in [-0.15, -0.1) is 0 Å². The number of hydrazone groups is 1. The van der Waals surface area contributed by atoms with Crippen molar-refractivity contribution in [1.82, 2.24) is 14.8 Å². The average Bonchev–Trinajstić information content (AvgIpc) is 2.83. The van der Waals surface area contributed by atoms with Crippen molar-refractivity contribution in [3.05, 3.63) is 71.2 Å². The topological polar surface area (TPSA) is 58.8 Å². The minimum atomic E-state index is -0.278. The van der Waals surface area contributed by atoms with E-state index in [0.29, 0.717) is 11.4 Å². The lowest BCUT2D eigenvalue weighted by Gasteiger charge is -2.01. The third-order valence-corrected chi connectivity index (χ3v) is 3.34. The summed E-state index contributed by atoms with van der Waals surface area (Å²) in [4.78, 5) is 16.7. The van der Waals surface area contributed by atoms with Gasteiger partial charge < -0.3 is 0 Å². The first-order valence-electron chi connectivity index (χ1n) is 6.99. The predicted molar refractivity (Wildman–Crippen MR) is 86.2 cm³/mol. The van der Waals surface area contributed by atoms with E-state index in [4.69, 9.17) is 0 Å². The highest BCUT2D eigenvalue weighted by atomic mass is 16.2. The highest BCUT2D eigenvalue weighted by molar-refractivity contribution is 5.95. The van der Waals surface area contributed by atoms with Gasteiger partial charge in [-0.2, -0.15) is 5.10 Å². The summed E-state index contributed by atoms with van der Waals surface area (Å²) in [5.74, 6) is -0.278. The van der Waals surface area contributed by atoms with Crippen LogP contribution in [-0.2, 0) is 0 Å². The van der Waals surface area contributed by atoms with Crippen molar-refractivity contribution in [3.8, 4) is 0 Å². The molecule has 5 nitrogen and oxygen atoms in total. The zero-order valence-electron chi connectivity index (χ0n) is 12.4. The number of pyridine rings is 1. The van der Waals surface area contributed by atoms with E-state index in [1.807, 2.05) is 62.5 Å². The molecule has 0 aliphatic heterocycles. The molecule has 1 aromatic carbocycles. The summed E-state index contributed by atoms with van der Waals surface area (Å²) in [6.07, 6.45) is 3.44. The first-order valence-corrected chi connectivity index (χ1v) is 6.99. The molecule has 22 heavy (non-hydrogen) atoms. The van der Waals surface area contributed by atoms with Crippen molar-refractivity contribution in [2.45, 2.75) is 13.8 Å². The van der Waals surface area contributed by atoms with E-state index in [1.165, 1.54) is 0 Å². The van der Waals surface area contributed by atoms with Gasteiger partial charge in [-0.25, -0.2) is 10.4 Å². The van der Waals surface area contributed by atoms with E-state index < -0.39 is 0 Å². The summed E-state index contributed by atoms with van der Waals surface area (Å²) >= 11 is 0. The van der Waals surface area contributed by atoms with Crippen LogP contribution in [0.15, 0.2) is 53.8 Å². The van der Waals surface area contributed by atoms with Gasteiger partial charge in [0.1, 0.15) is 11.3 Å². The second kappa shape index (κ2) is 5.81. The van der Waals surface area contributed by atoms with Crippen LogP contribution < -0.4 is 5.43 Å². The molecule has 1 N–H and O–H groups in total. The molecule has 0 aliphatic carbocycles. The molecule has 0 bridgehead atoms. The predicted octanol–water partition coefficient (Wildman–Crippen LogP) is 2.72. The number of hydrogen-bond donors (Lipinski definition) is 1. The summed E-state index contributed by atoms with van der Waals surface area (Å²) in [5.41, 5.74) is 6.56. The van der Waals surface area contributed by atoms with Gasteiger partial charge in [-0.05, 0) is 31.5 Å². The van der Waals surface area contributed by atoms with E-state index >= 15 is 0 Å². The zero-order valence-corrected chi connectivity index (χ0v) is 12.4. The van der Waals surface area contributed by atoms with Crippen molar-refractivity contribution in [2.24, 2.45) is 5.10 Å². The maximum Gasteiger partial charge on any atom is 0.290 e. The Morgan fingerprint density at radius 2 is 2.09 bits per heavy atom. The second-order valence-electron chi connectivity index (χ2n) is 5.09. The Hall–Kier alpha value is -2.95. The summed E-state index contributed by atoms with van der Waals surface area (Å²) in [6, 6.07) is 13.5. The summed E-state index contributed by atoms with van der Waals surface area (Å²) in [7, 11) is 0. The van der Waals surface area contributed by atoms with Crippen molar-refractivity contribution in [3.63, 3.8) is 0 Å². The van der Waals surface area contributed by atoms with E-state index in [1.54, 1.807) is 10.6 Å². The number of aryl methyl sites for hydroxylation is 2. The number of imidazole rings is 1. The Morgan fingerprint density at radius 3 is 2.91 bits per heavy atom. The largest absolute Gasteiger partial charge is 0.295 e. The van der Waals surface area contributed by atoms with Crippen molar-refractivity contribution < 1.29 is 4.79 Å². The van der Waals surface area contributed by atoms with Crippen LogP contribution in [0.25, 0.3) is 5.65 Å². The van der Waals surface area contributed by atoms with Gasteiger partial charge >= 0.3 is 0 Å². The first kappa shape index (κ1) is 14.0. The molecule has 0 saturated carbocycles. The first-order chi connectivity index (χ1) is 10.6. The third kappa shape index (κ3) is 2.74. The number of carbonyl (C=O) groups is 1. The number of benzene rings is 1. The lowest BCUT2D eigenvalue weighted by Crippen LogP contribution is -2.20. The molecule has 0 aliphatic rings. The van der Waals surface area contributed by atoms with Crippen LogP contribution in [0, 0.1) is 13.8 Å². The molecule has 0 radical (unpaired) electrons. The van der Waals surface area contributed by atoms with E-state index in [9.17, 15) is 4.79 Å². The third-order valence-electron chi connectivity index (χ3n) is 3.34. The molecule has 3 aromatic rings. The van der Waals surface area contributed by atoms with Crippen LogP contribution in [0.2, 0.25) is 0 Å². The van der Waals surface area contributed by atoms with E-state index in [-0.39, 0.29) is 5.91 Å². The fraction of sp³-hybridized carbons (Fsp3) is 0.118. The van der Waals surface area contributed by atoms with Gasteiger partial charge in [-0.1, -0.05) is 35.9 Å². The van der Waals surface area contributed by atoms with Crippen molar-refractivity contribution in [1.29, 1.82) is 0 Å². The Kier molecular flexibility index (Phi) is 3.70. The second-order valence-corrected chi connectivity index (χ2v) is 5.09. The van der Waals surface area contributed by atoms with Crippen LogP contribution in [-0.4, -0.2) is 21.5 Å². The fourth-order valence-electron chi connectivity index (χ4n) is 2.36. The Balaban J connectivity index is 1.81. The number of rotatable bonds is 3. The molecule has 0 unspecified atom stereocenters. The maximum absolute atomic E-state index is 12.3. The Labute approximate surface area is 128 Å². The van der Waals surface area contributed by atoms with Crippen LogP contribution in [0.1, 0.15) is 27.3 Å². The van der Waals surface area contributed by atoms with Gasteiger partial charge in [0.2, 0.25) is 0 Å². The van der Waals surface area contributed by atoms with E-state index in [0.717, 1.165) is 16.8 Å².